The van der Waals surface area contributed by atoms with E-state index in [-0.39, 0.29) is 52.3 Å². The highest BCUT2D eigenvalue weighted by molar-refractivity contribution is 7.18. The number of carbonyl (C=O) groups is 3. The molecule has 0 fully saturated rings. The molecular weight excluding hydrogens is 873 g/mol. The van der Waals surface area contributed by atoms with E-state index in [0.29, 0.717) is 36.2 Å². The van der Waals surface area contributed by atoms with E-state index in [9.17, 15) is 14.4 Å². The largest absolute Gasteiger partial charge is 0.368 e. The summed E-state index contributed by atoms with van der Waals surface area (Å²) >= 11 is 3.20. The molecule has 6 rings (SSSR count). The van der Waals surface area contributed by atoms with Crippen molar-refractivity contribution in [3.8, 4) is 0 Å². The zero-order valence-corrected chi connectivity index (χ0v) is 41.6. The van der Waals surface area contributed by atoms with Crippen LogP contribution in [0.1, 0.15) is 152 Å². The number of Topliss-reactive ketones (excluding diaryl/α,β-unsaturated/α-hetero) is 3. The molecule has 0 saturated carbocycles. The summed E-state index contributed by atoms with van der Waals surface area (Å²) in [6.45, 7) is 15.6. The predicted molar refractivity (Wildman–Crippen MR) is 273 cm³/mol. The first-order valence-corrected chi connectivity index (χ1v) is 24.8. The lowest BCUT2D eigenvalue weighted by molar-refractivity contribution is -0.118. The first kappa shape index (κ1) is 52.9. The summed E-state index contributed by atoms with van der Waals surface area (Å²) in [5, 5.41) is 14.4. The summed E-state index contributed by atoms with van der Waals surface area (Å²) in [5.41, 5.74) is 19.7. The summed E-state index contributed by atoms with van der Waals surface area (Å²) in [7, 11) is 0. The van der Waals surface area contributed by atoms with Gasteiger partial charge in [0.1, 0.15) is 29.0 Å². The first-order valence-electron chi connectivity index (χ1n) is 23.0. The van der Waals surface area contributed by atoms with Crippen molar-refractivity contribution in [2.24, 2.45) is 0 Å². The van der Waals surface area contributed by atoms with Crippen LogP contribution in [0.2, 0.25) is 0 Å². The van der Waals surface area contributed by atoms with E-state index in [1.165, 1.54) is 0 Å². The number of anilines is 6. The maximum absolute atomic E-state index is 11.4. The minimum absolute atomic E-state index is 0.157. The molecular formula is C47H70N14O3S2. The normalized spacial score (nSPS) is 13.4. The first-order chi connectivity index (χ1) is 31.5. The van der Waals surface area contributed by atoms with Gasteiger partial charge in [-0.25, -0.2) is 19.9 Å². The van der Waals surface area contributed by atoms with Crippen LogP contribution in [-0.2, 0) is 14.4 Å². The second kappa shape index (κ2) is 25.9. The van der Waals surface area contributed by atoms with Crippen LogP contribution < -0.4 is 33.2 Å². The van der Waals surface area contributed by atoms with Crippen LogP contribution >= 0.6 is 22.7 Å². The van der Waals surface area contributed by atoms with Gasteiger partial charge in [0.05, 0.1) is 20.4 Å². The molecule has 0 spiro atoms. The number of nitrogen functional groups attached to an aromatic ring is 3. The van der Waals surface area contributed by atoms with Crippen LogP contribution in [0.15, 0.2) is 35.3 Å². The quantitative estimate of drug-likeness (QED) is 0.0329. The molecule has 6 aromatic rings. The Bertz CT molecular complexity index is 2500. The average molecular weight is 943 g/mol. The molecule has 0 bridgehead atoms. The van der Waals surface area contributed by atoms with Crippen molar-refractivity contribution in [1.29, 1.82) is 0 Å². The monoisotopic (exact) mass is 943 g/mol. The number of hydrogen-bond acceptors (Lipinski definition) is 19. The summed E-state index contributed by atoms with van der Waals surface area (Å²) in [4.78, 5) is 68.0. The molecule has 0 aliphatic rings. The lowest BCUT2D eigenvalue weighted by atomic mass is 9.89. The maximum atomic E-state index is 11.4. The number of nitrogens with one attached hydrogen (secondary N) is 3. The molecule has 0 aliphatic heterocycles. The third-order valence-corrected chi connectivity index (χ3v) is 13.0. The molecule has 66 heavy (non-hydrogen) atoms. The second-order valence-corrected chi connectivity index (χ2v) is 19.3. The number of hydrogen-bond donors (Lipinski definition) is 6. The predicted octanol–water partition coefficient (Wildman–Crippen LogP) is 10.3. The summed E-state index contributed by atoms with van der Waals surface area (Å²) in [5.74, 6) is 3.47. The number of nitrogens with zero attached hydrogens (tertiary/aromatic N) is 8. The Labute approximate surface area is 396 Å². The van der Waals surface area contributed by atoms with Gasteiger partial charge in [-0.2, -0.15) is 19.9 Å². The number of fused-ring (bicyclic) bond motifs is 3. The van der Waals surface area contributed by atoms with Crippen LogP contribution in [0.5, 0.6) is 0 Å². The van der Waals surface area contributed by atoms with Crippen molar-refractivity contribution < 1.29 is 14.4 Å². The Hall–Kier alpha value is -5.69. The third kappa shape index (κ3) is 16.9. The van der Waals surface area contributed by atoms with Crippen molar-refractivity contribution in [2.75, 3.05) is 33.2 Å². The van der Waals surface area contributed by atoms with Crippen molar-refractivity contribution in [2.45, 2.75) is 169 Å². The van der Waals surface area contributed by atoms with Crippen LogP contribution in [0.4, 0.5) is 35.3 Å². The van der Waals surface area contributed by atoms with Crippen LogP contribution in [0, 0.1) is 0 Å². The molecule has 0 aromatic carbocycles. The number of nitrogens with two attached hydrogens (primary N) is 3. The van der Waals surface area contributed by atoms with Gasteiger partial charge in [-0.05, 0) is 96.0 Å². The van der Waals surface area contributed by atoms with Gasteiger partial charge in [-0.3, -0.25) is 0 Å². The molecule has 3 atom stereocenters. The van der Waals surface area contributed by atoms with E-state index in [1.54, 1.807) is 55.8 Å². The van der Waals surface area contributed by atoms with E-state index >= 15 is 0 Å². The van der Waals surface area contributed by atoms with E-state index in [0.717, 1.165) is 109 Å². The number of carbonyl (C=O) groups excluding carboxylic acids is 3. The SMILES string of the molecule is CCCC[C@H](CCC(C)=O)Nc1nc(N)nc2ccsc12.CCCC[C@](C)(CCC(C)=O)Nc1nc(N)nc2ccsc12.CCCC[C@](C)(CCC(C)=O)Nc1nc(N)nc2nccnc12. The van der Waals surface area contributed by atoms with Crippen LogP contribution in [0.25, 0.3) is 31.6 Å². The van der Waals surface area contributed by atoms with E-state index in [2.05, 4.69) is 90.4 Å². The Kier molecular flexibility index (Phi) is 20.7. The van der Waals surface area contributed by atoms with Gasteiger partial charge in [0.2, 0.25) is 17.8 Å². The average Bonchev–Trinajstić information content (AvgIpc) is 3.95. The minimum atomic E-state index is -0.257. The third-order valence-electron chi connectivity index (χ3n) is 11.1. The van der Waals surface area contributed by atoms with Gasteiger partial charge in [0.25, 0.3) is 0 Å². The zero-order chi connectivity index (χ0) is 48.3. The number of thiophene rings is 2. The molecule has 19 heteroatoms. The van der Waals surface area contributed by atoms with Gasteiger partial charge < -0.3 is 47.5 Å². The maximum Gasteiger partial charge on any atom is 0.224 e. The lowest BCUT2D eigenvalue weighted by Gasteiger charge is -2.31. The fourth-order valence-corrected chi connectivity index (χ4v) is 8.89. The number of unbranched alkanes of at least 4 members (excludes halogenated alkanes) is 3. The van der Waals surface area contributed by atoms with E-state index in [4.69, 9.17) is 17.2 Å². The number of aromatic nitrogens is 8. The Morgan fingerprint density at radius 1 is 0.591 bits per heavy atom. The van der Waals surface area contributed by atoms with Crippen molar-refractivity contribution >= 4 is 107 Å². The summed E-state index contributed by atoms with van der Waals surface area (Å²) in [6.07, 6.45) is 16.8. The van der Waals surface area contributed by atoms with Crippen molar-refractivity contribution in [3.05, 3.63) is 35.3 Å². The lowest BCUT2D eigenvalue weighted by Crippen LogP contribution is -2.36. The zero-order valence-electron chi connectivity index (χ0n) is 40.0. The smallest absolute Gasteiger partial charge is 0.224 e. The molecule has 0 aliphatic carbocycles. The van der Waals surface area contributed by atoms with Gasteiger partial charge >= 0.3 is 0 Å². The van der Waals surface area contributed by atoms with Gasteiger partial charge in [-0.15, -0.1) is 22.7 Å². The molecule has 0 radical (unpaired) electrons. The molecule has 0 amide bonds. The molecule has 358 valence electrons. The van der Waals surface area contributed by atoms with Crippen molar-refractivity contribution in [3.63, 3.8) is 0 Å². The fourth-order valence-electron chi connectivity index (χ4n) is 7.33. The Balaban J connectivity index is 0.000000217. The molecule has 0 unspecified atom stereocenters. The molecule has 6 heterocycles. The fraction of sp³-hybridized carbons (Fsp3) is 0.553. The second-order valence-electron chi connectivity index (χ2n) is 17.5. The standard InChI is InChI=1S/C16H24N6O.C16H24N4OS.C15H22N4OS/c1-4-5-7-16(3,8-6-11(2)23)22-14-12-13(19-10-9-18-12)20-15(17)21-14;1-4-5-8-16(3,9-6-11(2)21)20-14-13-12(7-10-22-13)18-15(17)19-14;1-3-4-5-11(7-6-10(2)20)17-14-13-12(8-9-21-13)18-15(16)19-14/h9-10H,4-8H2,1-3H3,(H3,17,19,20,21,22);7,10H,4-6,8-9H2,1-3H3,(H3,17,18,19,20);8-9,11H,3-7H2,1-2H3,(H3,16,17,18,19)/t2*16-;11-/m111/s1. The highest BCUT2D eigenvalue weighted by Gasteiger charge is 2.27. The molecule has 0 saturated heterocycles. The van der Waals surface area contributed by atoms with E-state index < -0.39 is 0 Å². The topological polar surface area (TPSA) is 268 Å². The van der Waals surface area contributed by atoms with Gasteiger partial charge in [0.15, 0.2) is 17.0 Å². The van der Waals surface area contributed by atoms with Gasteiger partial charge in [0, 0.05) is 48.8 Å². The number of rotatable bonds is 24. The Morgan fingerprint density at radius 2 is 1.06 bits per heavy atom. The number of ketones is 3. The van der Waals surface area contributed by atoms with Gasteiger partial charge in [-0.1, -0.05) is 59.3 Å². The molecule has 17 nitrogen and oxygen atoms in total. The molecule has 6 aromatic heterocycles. The highest BCUT2D eigenvalue weighted by Crippen LogP contribution is 2.33. The summed E-state index contributed by atoms with van der Waals surface area (Å²) < 4.78 is 2.04. The molecule has 9 N–H and O–H groups in total. The summed E-state index contributed by atoms with van der Waals surface area (Å²) in [6, 6.07) is 4.13. The highest BCUT2D eigenvalue weighted by atomic mass is 32.1. The van der Waals surface area contributed by atoms with E-state index in [1.807, 2.05) is 22.9 Å². The van der Waals surface area contributed by atoms with Crippen molar-refractivity contribution in [1.82, 2.24) is 39.9 Å². The van der Waals surface area contributed by atoms with Crippen LogP contribution in [-0.4, -0.2) is 74.3 Å². The minimum Gasteiger partial charge on any atom is -0.368 e. The van der Waals surface area contributed by atoms with Crippen LogP contribution in [0.3, 0.4) is 0 Å². The Morgan fingerprint density at radius 3 is 1.59 bits per heavy atom.